The number of aromatic amines is 1. The van der Waals surface area contributed by atoms with Crippen LogP contribution in [0.5, 0.6) is 0 Å². The number of imidazole rings is 1. The van der Waals surface area contributed by atoms with Crippen molar-refractivity contribution in [1.29, 1.82) is 0 Å². The smallest absolute Gasteiger partial charge is 0.166 e. The molecule has 3 aromatic heterocycles. The van der Waals surface area contributed by atoms with Crippen molar-refractivity contribution >= 4 is 16.9 Å². The number of benzene rings is 1. The predicted octanol–water partition coefficient (Wildman–Crippen LogP) is 3.24. The number of aryl methyl sites for hydroxylation is 2. The largest absolute Gasteiger partial charge is 0.363 e. The SMILES string of the molecule is Cc1noc(C)c1-c1nccc(NCc2nc3ccccc3[nH]2)n1. The van der Waals surface area contributed by atoms with E-state index in [-0.39, 0.29) is 0 Å². The Bertz CT molecular complexity index is 951. The summed E-state index contributed by atoms with van der Waals surface area (Å²) in [4.78, 5) is 16.7. The Morgan fingerprint density at radius 1 is 1.12 bits per heavy atom. The second kappa shape index (κ2) is 5.77. The number of aromatic nitrogens is 5. The lowest BCUT2D eigenvalue weighted by Gasteiger charge is -2.05. The van der Waals surface area contributed by atoms with Crippen LogP contribution in [0.4, 0.5) is 5.82 Å². The van der Waals surface area contributed by atoms with E-state index >= 15 is 0 Å². The van der Waals surface area contributed by atoms with Gasteiger partial charge in [0.05, 0.1) is 28.8 Å². The maximum Gasteiger partial charge on any atom is 0.166 e. The van der Waals surface area contributed by atoms with Crippen molar-refractivity contribution in [3.8, 4) is 11.4 Å². The standard InChI is InChI=1S/C17H16N6O/c1-10-16(11(2)24-23-10)17-18-8-7-14(22-17)19-9-15-20-12-5-3-4-6-13(12)21-15/h3-8H,9H2,1-2H3,(H,20,21)(H,18,19,22). The molecule has 4 rings (SSSR count). The molecule has 0 saturated carbocycles. The van der Waals surface area contributed by atoms with Crippen LogP contribution in [0.15, 0.2) is 41.1 Å². The highest BCUT2D eigenvalue weighted by Crippen LogP contribution is 2.24. The Morgan fingerprint density at radius 3 is 2.79 bits per heavy atom. The summed E-state index contributed by atoms with van der Waals surface area (Å²) in [5, 5.41) is 7.22. The molecule has 1 aromatic carbocycles. The number of para-hydroxylation sites is 2. The number of rotatable bonds is 4. The lowest BCUT2D eigenvalue weighted by Crippen LogP contribution is -2.04. The zero-order valence-electron chi connectivity index (χ0n) is 13.4. The first kappa shape index (κ1) is 14.4. The zero-order valence-corrected chi connectivity index (χ0v) is 13.4. The molecule has 0 aliphatic carbocycles. The maximum absolute atomic E-state index is 5.19. The summed E-state index contributed by atoms with van der Waals surface area (Å²) in [6.45, 7) is 4.28. The van der Waals surface area contributed by atoms with Gasteiger partial charge in [-0.15, -0.1) is 0 Å². The number of fused-ring (bicyclic) bond motifs is 1. The average molecular weight is 320 g/mol. The molecule has 0 spiro atoms. The van der Waals surface area contributed by atoms with Gasteiger partial charge < -0.3 is 14.8 Å². The molecule has 0 bridgehead atoms. The molecule has 7 heteroatoms. The summed E-state index contributed by atoms with van der Waals surface area (Å²) in [6.07, 6.45) is 1.72. The van der Waals surface area contributed by atoms with Gasteiger partial charge in [0, 0.05) is 6.20 Å². The van der Waals surface area contributed by atoms with Crippen LogP contribution < -0.4 is 5.32 Å². The van der Waals surface area contributed by atoms with Gasteiger partial charge >= 0.3 is 0 Å². The molecule has 0 radical (unpaired) electrons. The first-order chi connectivity index (χ1) is 11.7. The number of anilines is 1. The fourth-order valence-electron chi connectivity index (χ4n) is 2.64. The number of nitrogens with one attached hydrogen (secondary N) is 2. The second-order valence-corrected chi connectivity index (χ2v) is 5.52. The molecule has 0 atom stereocenters. The fraction of sp³-hybridized carbons (Fsp3) is 0.176. The van der Waals surface area contributed by atoms with Crippen LogP contribution in [0.2, 0.25) is 0 Å². The number of nitrogens with zero attached hydrogens (tertiary/aromatic N) is 4. The molecule has 120 valence electrons. The third-order valence-corrected chi connectivity index (χ3v) is 3.79. The monoisotopic (exact) mass is 320 g/mol. The maximum atomic E-state index is 5.19. The van der Waals surface area contributed by atoms with Crippen molar-refractivity contribution in [3.63, 3.8) is 0 Å². The van der Waals surface area contributed by atoms with E-state index in [0.29, 0.717) is 18.1 Å². The van der Waals surface area contributed by atoms with Gasteiger partial charge in [0.2, 0.25) is 0 Å². The minimum atomic E-state index is 0.548. The van der Waals surface area contributed by atoms with Crippen LogP contribution in [0.1, 0.15) is 17.3 Å². The van der Waals surface area contributed by atoms with Crippen LogP contribution in [-0.4, -0.2) is 25.1 Å². The lowest BCUT2D eigenvalue weighted by atomic mass is 10.2. The van der Waals surface area contributed by atoms with Crippen molar-refractivity contribution in [3.05, 3.63) is 53.8 Å². The van der Waals surface area contributed by atoms with E-state index in [2.05, 4.69) is 30.4 Å². The van der Waals surface area contributed by atoms with Crippen LogP contribution in [-0.2, 0) is 6.54 Å². The van der Waals surface area contributed by atoms with E-state index in [0.717, 1.165) is 33.9 Å². The van der Waals surface area contributed by atoms with Crippen molar-refractivity contribution in [1.82, 2.24) is 25.1 Å². The van der Waals surface area contributed by atoms with E-state index in [1.54, 1.807) is 6.20 Å². The number of H-pyrrole nitrogens is 1. The van der Waals surface area contributed by atoms with Crippen molar-refractivity contribution < 1.29 is 4.52 Å². The molecular weight excluding hydrogens is 304 g/mol. The van der Waals surface area contributed by atoms with Crippen LogP contribution in [0.25, 0.3) is 22.4 Å². The first-order valence-corrected chi connectivity index (χ1v) is 7.64. The third kappa shape index (κ3) is 2.60. The molecule has 0 unspecified atom stereocenters. The summed E-state index contributed by atoms with van der Waals surface area (Å²) in [6, 6.07) is 9.77. The van der Waals surface area contributed by atoms with E-state index in [4.69, 9.17) is 4.52 Å². The fourth-order valence-corrected chi connectivity index (χ4v) is 2.64. The molecule has 24 heavy (non-hydrogen) atoms. The summed E-state index contributed by atoms with van der Waals surface area (Å²) < 4.78 is 5.19. The van der Waals surface area contributed by atoms with Crippen LogP contribution in [0.3, 0.4) is 0 Å². The van der Waals surface area contributed by atoms with E-state index < -0.39 is 0 Å². The van der Waals surface area contributed by atoms with Gasteiger partial charge in [-0.1, -0.05) is 17.3 Å². The second-order valence-electron chi connectivity index (χ2n) is 5.52. The quantitative estimate of drug-likeness (QED) is 0.599. The minimum Gasteiger partial charge on any atom is -0.363 e. The average Bonchev–Trinajstić information content (AvgIpc) is 3.16. The van der Waals surface area contributed by atoms with Gasteiger partial charge in [-0.3, -0.25) is 0 Å². The lowest BCUT2D eigenvalue weighted by molar-refractivity contribution is 0.393. The minimum absolute atomic E-state index is 0.548. The number of hydrogen-bond donors (Lipinski definition) is 2. The zero-order chi connectivity index (χ0) is 16.5. The highest BCUT2D eigenvalue weighted by Gasteiger charge is 2.14. The van der Waals surface area contributed by atoms with Gasteiger partial charge in [0.25, 0.3) is 0 Å². The molecule has 7 nitrogen and oxygen atoms in total. The van der Waals surface area contributed by atoms with Gasteiger partial charge in [0.15, 0.2) is 5.82 Å². The first-order valence-electron chi connectivity index (χ1n) is 7.64. The Labute approximate surface area is 138 Å². The Morgan fingerprint density at radius 2 is 2.00 bits per heavy atom. The summed E-state index contributed by atoms with van der Waals surface area (Å²) in [5.74, 6) is 2.89. The highest BCUT2D eigenvalue weighted by atomic mass is 16.5. The molecule has 0 aliphatic heterocycles. The van der Waals surface area contributed by atoms with Gasteiger partial charge in [-0.25, -0.2) is 15.0 Å². The van der Waals surface area contributed by atoms with E-state index in [1.807, 2.05) is 44.2 Å². The number of hydrogen-bond acceptors (Lipinski definition) is 6. The summed E-state index contributed by atoms with van der Waals surface area (Å²) >= 11 is 0. The molecule has 4 aromatic rings. The Hall–Kier alpha value is -3.22. The van der Waals surface area contributed by atoms with Gasteiger partial charge in [-0.2, -0.15) is 0 Å². The van der Waals surface area contributed by atoms with Crippen molar-refractivity contribution in [2.75, 3.05) is 5.32 Å². The third-order valence-electron chi connectivity index (χ3n) is 3.79. The van der Waals surface area contributed by atoms with Crippen LogP contribution in [0, 0.1) is 13.8 Å². The van der Waals surface area contributed by atoms with Crippen LogP contribution >= 0.6 is 0 Å². The Balaban J connectivity index is 1.56. The molecule has 0 saturated heterocycles. The highest BCUT2D eigenvalue weighted by molar-refractivity contribution is 5.74. The normalized spacial score (nSPS) is 11.1. The van der Waals surface area contributed by atoms with E-state index in [1.165, 1.54) is 0 Å². The van der Waals surface area contributed by atoms with Gasteiger partial charge in [-0.05, 0) is 32.0 Å². The molecule has 0 amide bonds. The molecular formula is C17H16N6O. The Kier molecular flexibility index (Phi) is 3.45. The molecule has 2 N–H and O–H groups in total. The van der Waals surface area contributed by atoms with E-state index in [9.17, 15) is 0 Å². The molecule has 3 heterocycles. The van der Waals surface area contributed by atoms with Gasteiger partial charge in [0.1, 0.15) is 17.4 Å². The molecule has 0 aliphatic rings. The molecule has 0 fully saturated rings. The van der Waals surface area contributed by atoms with Crippen molar-refractivity contribution in [2.45, 2.75) is 20.4 Å². The summed E-state index contributed by atoms with van der Waals surface area (Å²) in [5.41, 5.74) is 3.59. The van der Waals surface area contributed by atoms with Crippen molar-refractivity contribution in [2.24, 2.45) is 0 Å². The predicted molar refractivity (Wildman–Crippen MR) is 90.4 cm³/mol. The summed E-state index contributed by atoms with van der Waals surface area (Å²) in [7, 11) is 0. The topological polar surface area (TPSA) is 92.5 Å².